The number of carbonyl (C=O) groups excluding carboxylic acids is 1. The summed E-state index contributed by atoms with van der Waals surface area (Å²) in [7, 11) is -2.43. The fourth-order valence-corrected chi connectivity index (χ4v) is 0.802. The molecule has 10 heavy (non-hydrogen) atoms. The first-order chi connectivity index (χ1) is 4.54. The Morgan fingerprint density at radius 3 is 2.30 bits per heavy atom. The van der Waals surface area contributed by atoms with Gasteiger partial charge in [-0.05, 0) is 6.42 Å². The molecule has 0 atom stereocenters. The summed E-state index contributed by atoms with van der Waals surface area (Å²) in [6.45, 7) is 3.28. The van der Waals surface area contributed by atoms with Crippen LogP contribution in [0.25, 0.3) is 0 Å². The van der Waals surface area contributed by atoms with Crippen molar-refractivity contribution in [3.8, 4) is 0 Å². The molecule has 0 bridgehead atoms. The van der Waals surface area contributed by atoms with E-state index in [0.29, 0.717) is 0 Å². The fraction of sp³-hybridized carbons (Fsp3) is 0.400. The minimum atomic E-state index is -2.43. The Morgan fingerprint density at radius 2 is 2.00 bits per heavy atom. The van der Waals surface area contributed by atoms with Crippen molar-refractivity contribution in [3.05, 3.63) is 12.2 Å². The molecule has 2 N–H and O–H groups in total. The Labute approximate surface area is 58.9 Å². The van der Waals surface area contributed by atoms with Crippen molar-refractivity contribution in [3.63, 3.8) is 0 Å². The predicted molar refractivity (Wildman–Crippen MR) is 36.1 cm³/mol. The van der Waals surface area contributed by atoms with E-state index in [9.17, 15) is 13.9 Å². The molecule has 5 heteroatoms. The molecule has 0 aliphatic rings. The van der Waals surface area contributed by atoms with E-state index >= 15 is 0 Å². The Hall–Kier alpha value is -0.890. The molecule has 0 aliphatic carbocycles. The number of carbonyl (C=O) groups is 1. The van der Waals surface area contributed by atoms with Gasteiger partial charge in [-0.25, -0.2) is 9.13 Å². The lowest BCUT2D eigenvalue weighted by atomic mass is 10.2. The predicted octanol–water partition coefficient (Wildman–Crippen LogP) is 0.591. The molecule has 0 radical (unpaired) electrons. The van der Waals surface area contributed by atoms with E-state index in [1.54, 1.807) is 0 Å². The van der Waals surface area contributed by atoms with Crippen molar-refractivity contribution < 1.29 is 13.9 Å². The first kappa shape index (κ1) is 9.11. The molecule has 0 unspecified atom stereocenters. The van der Waals surface area contributed by atoms with Gasteiger partial charge in [0.05, 0.1) is 6.16 Å². The zero-order valence-electron chi connectivity index (χ0n) is 5.37. The van der Waals surface area contributed by atoms with Crippen LogP contribution in [0.1, 0.15) is 6.42 Å². The molecule has 4 nitrogen and oxygen atoms in total. The molecule has 1 amide bonds. The highest BCUT2D eigenvalue weighted by Crippen LogP contribution is 2.08. The molecular formula is C5H8NO3P. The SMILES string of the molecule is C=C(CCP(=O)=O)C(N)=O. The van der Waals surface area contributed by atoms with Crippen LogP contribution in [0.2, 0.25) is 0 Å². The highest BCUT2D eigenvalue weighted by molar-refractivity contribution is 7.30. The lowest BCUT2D eigenvalue weighted by Crippen LogP contribution is -2.13. The number of amides is 1. The maximum Gasteiger partial charge on any atom is 0.316 e. The van der Waals surface area contributed by atoms with Crippen molar-refractivity contribution in [1.29, 1.82) is 0 Å². The number of rotatable bonds is 4. The van der Waals surface area contributed by atoms with Crippen molar-refractivity contribution in [2.45, 2.75) is 6.42 Å². The summed E-state index contributed by atoms with van der Waals surface area (Å²) in [5.41, 5.74) is 4.94. The van der Waals surface area contributed by atoms with E-state index < -0.39 is 13.6 Å². The largest absolute Gasteiger partial charge is 0.366 e. The molecule has 0 aromatic rings. The molecule has 0 saturated heterocycles. The maximum atomic E-state index is 10.2. The van der Waals surface area contributed by atoms with Gasteiger partial charge in [0.15, 0.2) is 0 Å². The average molecular weight is 161 g/mol. The van der Waals surface area contributed by atoms with Crippen molar-refractivity contribution in [1.82, 2.24) is 0 Å². The van der Waals surface area contributed by atoms with Gasteiger partial charge in [0, 0.05) is 5.57 Å². The molecule has 56 valence electrons. The van der Waals surface area contributed by atoms with Crippen molar-refractivity contribution in [2.75, 3.05) is 6.16 Å². The van der Waals surface area contributed by atoms with Crippen LogP contribution in [0.5, 0.6) is 0 Å². The molecule has 0 saturated carbocycles. The third-order valence-electron chi connectivity index (χ3n) is 0.945. The Kier molecular flexibility index (Phi) is 3.65. The summed E-state index contributed by atoms with van der Waals surface area (Å²) < 4.78 is 19.9. The summed E-state index contributed by atoms with van der Waals surface area (Å²) in [6, 6.07) is 0. The molecule has 0 heterocycles. The summed E-state index contributed by atoms with van der Waals surface area (Å²) in [6.07, 6.45) is 0.0745. The van der Waals surface area contributed by atoms with Gasteiger partial charge in [-0.2, -0.15) is 0 Å². The van der Waals surface area contributed by atoms with E-state index in [-0.39, 0.29) is 18.2 Å². The number of hydrogen-bond donors (Lipinski definition) is 1. The molecule has 0 fully saturated rings. The quantitative estimate of drug-likeness (QED) is 0.484. The normalized spacial score (nSPS) is 8.80. The second kappa shape index (κ2) is 4.01. The molecule has 0 aliphatic heterocycles. The van der Waals surface area contributed by atoms with Gasteiger partial charge < -0.3 is 5.73 Å². The van der Waals surface area contributed by atoms with Crippen LogP contribution in [-0.4, -0.2) is 12.1 Å². The summed E-state index contributed by atoms with van der Waals surface area (Å²) >= 11 is 0. The van der Waals surface area contributed by atoms with Crippen LogP contribution in [0.3, 0.4) is 0 Å². The first-order valence-electron chi connectivity index (χ1n) is 2.63. The van der Waals surface area contributed by atoms with Crippen molar-refractivity contribution >= 4 is 13.6 Å². The van der Waals surface area contributed by atoms with E-state index in [2.05, 4.69) is 6.58 Å². The topological polar surface area (TPSA) is 77.2 Å². The van der Waals surface area contributed by atoms with Crippen LogP contribution in [0, 0.1) is 0 Å². The van der Waals surface area contributed by atoms with Crippen LogP contribution in [-0.2, 0) is 13.9 Å². The fourth-order valence-electron chi connectivity index (χ4n) is 0.349. The average Bonchev–Trinajstić information content (AvgIpc) is 1.82. The van der Waals surface area contributed by atoms with Gasteiger partial charge >= 0.3 is 7.68 Å². The van der Waals surface area contributed by atoms with Gasteiger partial charge in [-0.3, -0.25) is 4.79 Å². The van der Waals surface area contributed by atoms with Gasteiger partial charge in [-0.1, -0.05) is 6.58 Å². The minimum absolute atomic E-state index is 0.0584. The van der Waals surface area contributed by atoms with E-state index in [4.69, 9.17) is 5.73 Å². The van der Waals surface area contributed by atoms with E-state index in [1.807, 2.05) is 0 Å². The zero-order valence-corrected chi connectivity index (χ0v) is 6.27. The number of hydrogen-bond acceptors (Lipinski definition) is 3. The Bertz CT molecular complexity index is 211. The van der Waals surface area contributed by atoms with Gasteiger partial charge in [0.2, 0.25) is 5.91 Å². The van der Waals surface area contributed by atoms with Crippen LogP contribution >= 0.6 is 7.68 Å². The van der Waals surface area contributed by atoms with Crippen molar-refractivity contribution in [2.24, 2.45) is 5.73 Å². The molecular weight excluding hydrogens is 153 g/mol. The van der Waals surface area contributed by atoms with Gasteiger partial charge in [-0.15, -0.1) is 0 Å². The van der Waals surface area contributed by atoms with Crippen LogP contribution in [0.15, 0.2) is 12.2 Å². The number of nitrogens with two attached hydrogens (primary N) is 1. The first-order valence-corrected chi connectivity index (χ1v) is 3.99. The second-order valence-corrected chi connectivity index (χ2v) is 2.89. The Morgan fingerprint density at radius 1 is 1.50 bits per heavy atom. The van der Waals surface area contributed by atoms with Gasteiger partial charge in [0.1, 0.15) is 0 Å². The summed E-state index contributed by atoms with van der Waals surface area (Å²) in [5.74, 6) is -0.642. The molecule has 0 spiro atoms. The lowest BCUT2D eigenvalue weighted by molar-refractivity contribution is -0.114. The third kappa shape index (κ3) is 4.04. The monoisotopic (exact) mass is 161 g/mol. The standard InChI is InChI=1S/C5H8NO3P/c1-4(5(6)7)2-3-10(8)9/h1-3H2,(H2,6,7). The number of primary amides is 1. The van der Waals surface area contributed by atoms with E-state index in [0.717, 1.165) is 0 Å². The molecule has 0 aromatic heterocycles. The highest BCUT2D eigenvalue weighted by atomic mass is 31.1. The van der Waals surface area contributed by atoms with Gasteiger partial charge in [0.25, 0.3) is 0 Å². The highest BCUT2D eigenvalue weighted by Gasteiger charge is 2.01. The summed E-state index contributed by atoms with van der Waals surface area (Å²) in [4.78, 5) is 10.2. The Balaban J connectivity index is 3.71. The minimum Gasteiger partial charge on any atom is -0.366 e. The van der Waals surface area contributed by atoms with Crippen LogP contribution in [0.4, 0.5) is 0 Å². The molecule has 0 aromatic carbocycles. The van der Waals surface area contributed by atoms with Crippen LogP contribution < -0.4 is 5.73 Å². The zero-order chi connectivity index (χ0) is 8.15. The maximum absolute atomic E-state index is 10.2. The second-order valence-electron chi connectivity index (χ2n) is 1.77. The smallest absolute Gasteiger partial charge is 0.316 e. The third-order valence-corrected chi connectivity index (χ3v) is 1.53. The lowest BCUT2D eigenvalue weighted by Gasteiger charge is -1.92. The van der Waals surface area contributed by atoms with E-state index in [1.165, 1.54) is 0 Å². The summed E-state index contributed by atoms with van der Waals surface area (Å²) in [5, 5.41) is 0. The molecule has 0 rings (SSSR count).